The Morgan fingerprint density at radius 2 is 2.53 bits per heavy atom. The highest BCUT2D eigenvalue weighted by molar-refractivity contribution is 5.78. The van der Waals surface area contributed by atoms with E-state index in [1.165, 1.54) is 18.4 Å². The lowest BCUT2D eigenvalue weighted by Gasteiger charge is -2.31. The first-order valence-electron chi connectivity index (χ1n) is 6.56. The van der Waals surface area contributed by atoms with Crippen molar-refractivity contribution in [3.8, 4) is 0 Å². The van der Waals surface area contributed by atoms with E-state index < -0.39 is 0 Å². The summed E-state index contributed by atoms with van der Waals surface area (Å²) in [6.45, 7) is 6.62. The lowest BCUT2D eigenvalue weighted by Crippen LogP contribution is -2.43. The molecule has 0 aromatic rings. The Bertz CT molecular complexity index is 312. The van der Waals surface area contributed by atoms with Crippen LogP contribution in [0.4, 0.5) is 0 Å². The van der Waals surface area contributed by atoms with Gasteiger partial charge < -0.3 is 15.4 Å². The molecule has 2 aliphatic rings. The second-order valence-corrected chi connectivity index (χ2v) is 5.07. The number of hydrogen-bond acceptors (Lipinski definition) is 2. The van der Waals surface area contributed by atoms with Crippen LogP contribution in [-0.4, -0.2) is 43.7 Å². The summed E-state index contributed by atoms with van der Waals surface area (Å²) < 4.78 is 5.38. The third-order valence-electron chi connectivity index (χ3n) is 3.41. The first kappa shape index (κ1) is 12.4. The van der Waals surface area contributed by atoms with Crippen LogP contribution in [0.15, 0.2) is 16.6 Å². The maximum absolute atomic E-state index is 6.04. The van der Waals surface area contributed by atoms with Crippen LogP contribution < -0.4 is 5.73 Å². The van der Waals surface area contributed by atoms with Crippen molar-refractivity contribution >= 4 is 5.96 Å². The summed E-state index contributed by atoms with van der Waals surface area (Å²) in [5.41, 5.74) is 7.29. The average molecular weight is 237 g/mol. The predicted molar refractivity (Wildman–Crippen MR) is 70.0 cm³/mol. The molecule has 1 fully saturated rings. The van der Waals surface area contributed by atoms with E-state index in [1.807, 2.05) is 0 Å². The van der Waals surface area contributed by atoms with Crippen molar-refractivity contribution in [2.75, 3.05) is 32.8 Å². The number of rotatable bonds is 2. The number of ether oxygens (including phenoxy) is 1. The summed E-state index contributed by atoms with van der Waals surface area (Å²) in [6, 6.07) is 0. The largest absolute Gasteiger partial charge is 0.377 e. The van der Waals surface area contributed by atoms with Crippen molar-refractivity contribution in [2.24, 2.45) is 16.6 Å². The minimum atomic E-state index is 0.691. The van der Waals surface area contributed by atoms with Gasteiger partial charge in [-0.15, -0.1) is 0 Å². The Hall–Kier alpha value is -1.03. The second kappa shape index (κ2) is 6.05. The van der Waals surface area contributed by atoms with Crippen molar-refractivity contribution < 1.29 is 4.74 Å². The lowest BCUT2D eigenvalue weighted by atomic mass is 10.0. The van der Waals surface area contributed by atoms with Crippen LogP contribution in [0.25, 0.3) is 0 Å². The Morgan fingerprint density at radius 1 is 1.65 bits per heavy atom. The van der Waals surface area contributed by atoms with Crippen LogP contribution in [0.5, 0.6) is 0 Å². The van der Waals surface area contributed by atoms with Gasteiger partial charge in [-0.05, 0) is 30.8 Å². The molecule has 0 radical (unpaired) electrons. The van der Waals surface area contributed by atoms with Gasteiger partial charge in [0, 0.05) is 13.1 Å². The molecule has 96 valence electrons. The van der Waals surface area contributed by atoms with E-state index in [0.717, 1.165) is 32.0 Å². The van der Waals surface area contributed by atoms with E-state index >= 15 is 0 Å². The summed E-state index contributed by atoms with van der Waals surface area (Å²) in [4.78, 5) is 6.68. The summed E-state index contributed by atoms with van der Waals surface area (Å²) in [5, 5.41) is 0. The van der Waals surface area contributed by atoms with Gasteiger partial charge in [-0.3, -0.25) is 0 Å². The molecule has 0 aromatic heterocycles. The SMILES string of the molecule is CC1CCCN(C(N)=NCC2=CCCOC2)C1. The molecule has 1 atom stereocenters. The fraction of sp³-hybridized carbons (Fsp3) is 0.769. The Balaban J connectivity index is 1.85. The van der Waals surface area contributed by atoms with Crippen LogP contribution in [0.2, 0.25) is 0 Å². The molecule has 0 aliphatic carbocycles. The number of hydrogen-bond donors (Lipinski definition) is 1. The summed E-state index contributed by atoms with van der Waals surface area (Å²) >= 11 is 0. The summed E-state index contributed by atoms with van der Waals surface area (Å²) in [7, 11) is 0. The number of piperidine rings is 1. The van der Waals surface area contributed by atoms with Crippen molar-refractivity contribution in [2.45, 2.75) is 26.2 Å². The van der Waals surface area contributed by atoms with Gasteiger partial charge in [0.1, 0.15) is 0 Å². The smallest absolute Gasteiger partial charge is 0.191 e. The highest BCUT2D eigenvalue weighted by Gasteiger charge is 2.17. The molecule has 1 unspecified atom stereocenters. The molecule has 2 rings (SSSR count). The molecule has 1 saturated heterocycles. The molecule has 2 aliphatic heterocycles. The van der Waals surface area contributed by atoms with Gasteiger partial charge in [0.05, 0.1) is 19.8 Å². The van der Waals surface area contributed by atoms with Crippen molar-refractivity contribution in [1.82, 2.24) is 4.90 Å². The van der Waals surface area contributed by atoms with Gasteiger partial charge in [-0.2, -0.15) is 0 Å². The molecule has 0 aromatic carbocycles. The quantitative estimate of drug-likeness (QED) is 0.448. The number of aliphatic imine (C=N–C) groups is 1. The number of guanidine groups is 1. The van der Waals surface area contributed by atoms with Crippen LogP contribution >= 0.6 is 0 Å². The van der Waals surface area contributed by atoms with Gasteiger partial charge >= 0.3 is 0 Å². The van der Waals surface area contributed by atoms with Crippen LogP contribution in [0.3, 0.4) is 0 Å². The third-order valence-corrected chi connectivity index (χ3v) is 3.41. The number of nitrogens with two attached hydrogens (primary N) is 1. The molecule has 0 amide bonds. The fourth-order valence-corrected chi connectivity index (χ4v) is 2.40. The van der Waals surface area contributed by atoms with E-state index in [4.69, 9.17) is 10.5 Å². The van der Waals surface area contributed by atoms with Crippen LogP contribution in [0.1, 0.15) is 26.2 Å². The zero-order valence-electron chi connectivity index (χ0n) is 10.7. The first-order valence-corrected chi connectivity index (χ1v) is 6.56. The molecule has 2 N–H and O–H groups in total. The Kier molecular flexibility index (Phi) is 4.42. The number of likely N-dealkylation sites (tertiary alicyclic amines) is 1. The van der Waals surface area contributed by atoms with E-state index in [-0.39, 0.29) is 0 Å². The molecule has 4 heteroatoms. The minimum Gasteiger partial charge on any atom is -0.377 e. The van der Waals surface area contributed by atoms with Gasteiger partial charge in [0.2, 0.25) is 0 Å². The molecular formula is C13H23N3O. The lowest BCUT2D eigenvalue weighted by molar-refractivity contribution is 0.149. The van der Waals surface area contributed by atoms with Gasteiger partial charge in [-0.25, -0.2) is 4.99 Å². The van der Waals surface area contributed by atoms with E-state index in [2.05, 4.69) is 22.9 Å². The number of nitrogens with zero attached hydrogens (tertiary/aromatic N) is 2. The topological polar surface area (TPSA) is 50.8 Å². The van der Waals surface area contributed by atoms with Gasteiger partial charge in [0.25, 0.3) is 0 Å². The maximum atomic E-state index is 6.04. The highest BCUT2D eigenvalue weighted by atomic mass is 16.5. The Morgan fingerprint density at radius 3 is 3.24 bits per heavy atom. The molecule has 0 spiro atoms. The van der Waals surface area contributed by atoms with Crippen LogP contribution in [0, 0.1) is 5.92 Å². The molecule has 4 nitrogen and oxygen atoms in total. The molecule has 17 heavy (non-hydrogen) atoms. The van der Waals surface area contributed by atoms with Gasteiger partial charge in [0.15, 0.2) is 5.96 Å². The van der Waals surface area contributed by atoms with Crippen molar-refractivity contribution in [3.05, 3.63) is 11.6 Å². The third kappa shape index (κ3) is 3.73. The van der Waals surface area contributed by atoms with Crippen LogP contribution in [-0.2, 0) is 4.74 Å². The van der Waals surface area contributed by atoms with E-state index in [0.29, 0.717) is 19.1 Å². The summed E-state index contributed by atoms with van der Waals surface area (Å²) in [6.07, 6.45) is 5.76. The average Bonchev–Trinajstić information content (AvgIpc) is 2.37. The first-order chi connectivity index (χ1) is 8.25. The van der Waals surface area contributed by atoms with Crippen molar-refractivity contribution in [1.29, 1.82) is 0 Å². The fourth-order valence-electron chi connectivity index (χ4n) is 2.40. The van der Waals surface area contributed by atoms with Gasteiger partial charge in [-0.1, -0.05) is 13.0 Å². The normalized spacial score (nSPS) is 26.9. The second-order valence-electron chi connectivity index (χ2n) is 5.07. The van der Waals surface area contributed by atoms with Crippen molar-refractivity contribution in [3.63, 3.8) is 0 Å². The van der Waals surface area contributed by atoms with E-state index in [1.54, 1.807) is 0 Å². The maximum Gasteiger partial charge on any atom is 0.191 e. The monoisotopic (exact) mass is 237 g/mol. The summed E-state index contributed by atoms with van der Waals surface area (Å²) in [5.74, 6) is 1.43. The Labute approximate surface area is 104 Å². The molecule has 0 bridgehead atoms. The zero-order chi connectivity index (χ0) is 12.1. The molecular weight excluding hydrogens is 214 g/mol. The minimum absolute atomic E-state index is 0.691. The standard InChI is InChI=1S/C13H23N3O/c1-11-4-2-6-16(9-11)13(14)15-8-12-5-3-7-17-10-12/h5,11H,2-4,6-10H2,1H3,(H2,14,15). The zero-order valence-corrected chi connectivity index (χ0v) is 10.7. The predicted octanol–water partition coefficient (Wildman–Crippen LogP) is 1.38. The van der Waals surface area contributed by atoms with E-state index in [9.17, 15) is 0 Å². The molecule has 2 heterocycles. The highest BCUT2D eigenvalue weighted by Crippen LogP contribution is 2.15. The molecule has 0 saturated carbocycles.